The molecule has 0 rings (SSSR count). The van der Waals surface area contributed by atoms with Crippen LogP contribution >= 0.6 is 0 Å². The van der Waals surface area contributed by atoms with Gasteiger partial charge in [-0.3, -0.25) is 0 Å². The minimum absolute atomic E-state index is 0.0119. The van der Waals surface area contributed by atoms with Gasteiger partial charge in [0.15, 0.2) is 0 Å². The molecule has 0 radical (unpaired) electrons. The van der Waals surface area contributed by atoms with Gasteiger partial charge in [-0.1, -0.05) is 26.0 Å². The first-order valence-electron chi connectivity index (χ1n) is 6.83. The predicted octanol–water partition coefficient (Wildman–Crippen LogP) is 3.89. The van der Waals surface area contributed by atoms with Gasteiger partial charge in [0, 0.05) is 6.08 Å². The molecule has 0 aliphatic carbocycles. The second-order valence-electron chi connectivity index (χ2n) is 5.78. The number of hydrogen-bond acceptors (Lipinski definition) is 3. The smallest absolute Gasteiger partial charge is 0.330 e. The molecule has 0 heterocycles. The number of esters is 1. The summed E-state index contributed by atoms with van der Waals surface area (Å²) in [7, 11) is 0. The molecular formula is C16H28O3. The van der Waals surface area contributed by atoms with Crippen LogP contribution in [0.5, 0.6) is 0 Å². The van der Waals surface area contributed by atoms with Crippen LogP contribution in [0.3, 0.4) is 0 Å². The fourth-order valence-electron chi connectivity index (χ4n) is 1.70. The molecule has 0 aromatic carbocycles. The van der Waals surface area contributed by atoms with Crippen molar-refractivity contribution in [3.63, 3.8) is 0 Å². The molecule has 0 aliphatic rings. The Labute approximate surface area is 117 Å². The molecule has 0 amide bonds. The van der Waals surface area contributed by atoms with Gasteiger partial charge in [0.05, 0.1) is 11.7 Å². The van der Waals surface area contributed by atoms with Crippen molar-refractivity contribution < 1.29 is 14.3 Å². The number of hydrogen-bond donors (Lipinski definition) is 0. The van der Waals surface area contributed by atoms with Crippen molar-refractivity contribution in [2.24, 2.45) is 5.92 Å². The van der Waals surface area contributed by atoms with Gasteiger partial charge in [0.25, 0.3) is 0 Å². The summed E-state index contributed by atoms with van der Waals surface area (Å²) >= 11 is 0. The van der Waals surface area contributed by atoms with E-state index in [2.05, 4.69) is 26.8 Å². The Balaban J connectivity index is 4.39. The van der Waals surface area contributed by atoms with E-state index in [1.165, 1.54) is 11.6 Å². The predicted molar refractivity (Wildman–Crippen MR) is 79.0 cm³/mol. The summed E-state index contributed by atoms with van der Waals surface area (Å²) in [5.41, 5.74) is 0.700. The third kappa shape index (κ3) is 8.60. The first kappa shape index (κ1) is 17.9. The summed E-state index contributed by atoms with van der Waals surface area (Å²) in [6.07, 6.45) is 5.27. The number of allylic oxidation sites excluding steroid dienone is 2. The minimum Gasteiger partial charge on any atom is -0.459 e. The maximum atomic E-state index is 11.3. The van der Waals surface area contributed by atoms with Crippen LogP contribution in [0.2, 0.25) is 0 Å². The molecule has 0 aromatic rings. The van der Waals surface area contributed by atoms with Crippen molar-refractivity contribution in [1.29, 1.82) is 0 Å². The maximum Gasteiger partial charge on any atom is 0.330 e. The number of carbonyl (C=O) groups excluding carboxylic acids is 1. The van der Waals surface area contributed by atoms with Crippen molar-refractivity contribution in [1.82, 2.24) is 0 Å². The van der Waals surface area contributed by atoms with Gasteiger partial charge in [0.2, 0.25) is 0 Å². The van der Waals surface area contributed by atoms with Gasteiger partial charge < -0.3 is 9.47 Å². The summed E-state index contributed by atoms with van der Waals surface area (Å²) in [5, 5.41) is 0. The molecule has 0 saturated carbocycles. The third-order valence-corrected chi connectivity index (χ3v) is 2.60. The minimum atomic E-state index is -0.497. The highest BCUT2D eigenvalue weighted by atomic mass is 16.6. The Bertz CT molecular complexity index is 338. The highest BCUT2D eigenvalue weighted by Crippen LogP contribution is 2.18. The van der Waals surface area contributed by atoms with Gasteiger partial charge in [-0.25, -0.2) is 4.79 Å². The molecule has 0 fully saturated rings. The van der Waals surface area contributed by atoms with E-state index in [9.17, 15) is 4.79 Å². The molecule has 3 heteroatoms. The van der Waals surface area contributed by atoms with Crippen LogP contribution in [0.4, 0.5) is 0 Å². The lowest BCUT2D eigenvalue weighted by Crippen LogP contribution is -2.35. The van der Waals surface area contributed by atoms with Crippen molar-refractivity contribution in [2.45, 2.75) is 60.2 Å². The van der Waals surface area contributed by atoms with E-state index in [0.29, 0.717) is 5.92 Å². The SMILES string of the molecule is C/C=C/C(=O)OCC(C)(C)OC(C)/C(C)=C/C(C)C. The summed E-state index contributed by atoms with van der Waals surface area (Å²) in [4.78, 5) is 11.3. The van der Waals surface area contributed by atoms with Crippen molar-refractivity contribution >= 4 is 5.97 Å². The Morgan fingerprint density at radius 1 is 1.26 bits per heavy atom. The highest BCUT2D eigenvalue weighted by molar-refractivity contribution is 5.81. The largest absolute Gasteiger partial charge is 0.459 e. The second kappa shape index (κ2) is 8.16. The molecule has 0 saturated heterocycles. The van der Waals surface area contributed by atoms with Crippen LogP contribution < -0.4 is 0 Å². The lowest BCUT2D eigenvalue weighted by molar-refractivity contribution is -0.150. The summed E-state index contributed by atoms with van der Waals surface area (Å²) in [6, 6.07) is 0. The van der Waals surface area contributed by atoms with Crippen LogP contribution in [0.25, 0.3) is 0 Å². The number of ether oxygens (including phenoxy) is 2. The fraction of sp³-hybridized carbons (Fsp3) is 0.688. The number of carbonyl (C=O) groups is 1. The van der Waals surface area contributed by atoms with E-state index in [1.54, 1.807) is 13.0 Å². The van der Waals surface area contributed by atoms with Crippen molar-refractivity contribution in [3.8, 4) is 0 Å². The molecule has 3 nitrogen and oxygen atoms in total. The quantitative estimate of drug-likeness (QED) is 0.399. The van der Waals surface area contributed by atoms with Crippen LogP contribution in [-0.2, 0) is 14.3 Å². The highest BCUT2D eigenvalue weighted by Gasteiger charge is 2.24. The molecule has 1 unspecified atom stereocenters. The molecule has 0 spiro atoms. The van der Waals surface area contributed by atoms with Gasteiger partial charge >= 0.3 is 5.97 Å². The fourth-order valence-corrected chi connectivity index (χ4v) is 1.70. The lowest BCUT2D eigenvalue weighted by atomic mass is 10.1. The Kier molecular flexibility index (Phi) is 7.69. The first-order chi connectivity index (χ1) is 8.68. The van der Waals surface area contributed by atoms with E-state index in [0.717, 1.165) is 0 Å². The molecule has 19 heavy (non-hydrogen) atoms. The van der Waals surface area contributed by atoms with E-state index >= 15 is 0 Å². The Hall–Kier alpha value is -1.09. The molecule has 0 aliphatic heterocycles. The van der Waals surface area contributed by atoms with Crippen LogP contribution in [0, 0.1) is 5.92 Å². The van der Waals surface area contributed by atoms with Gasteiger partial charge in [0.1, 0.15) is 6.61 Å². The Morgan fingerprint density at radius 3 is 2.32 bits per heavy atom. The van der Waals surface area contributed by atoms with Crippen molar-refractivity contribution in [3.05, 3.63) is 23.8 Å². The zero-order chi connectivity index (χ0) is 15.1. The van der Waals surface area contributed by atoms with Gasteiger partial charge in [-0.05, 0) is 46.1 Å². The van der Waals surface area contributed by atoms with Crippen LogP contribution in [0.15, 0.2) is 23.8 Å². The van der Waals surface area contributed by atoms with E-state index in [1.807, 2.05) is 20.8 Å². The monoisotopic (exact) mass is 268 g/mol. The van der Waals surface area contributed by atoms with E-state index < -0.39 is 5.60 Å². The molecule has 110 valence electrons. The zero-order valence-electron chi connectivity index (χ0n) is 13.3. The average Bonchev–Trinajstić information content (AvgIpc) is 2.25. The summed E-state index contributed by atoms with van der Waals surface area (Å²) in [5.74, 6) is 0.169. The van der Waals surface area contributed by atoms with Crippen LogP contribution in [-0.4, -0.2) is 24.3 Å². The van der Waals surface area contributed by atoms with Gasteiger partial charge in [-0.2, -0.15) is 0 Å². The molecule has 1 atom stereocenters. The molecule has 0 N–H and O–H groups in total. The van der Waals surface area contributed by atoms with E-state index in [-0.39, 0.29) is 18.7 Å². The Morgan fingerprint density at radius 2 is 1.84 bits per heavy atom. The second-order valence-corrected chi connectivity index (χ2v) is 5.78. The summed E-state index contributed by atoms with van der Waals surface area (Å²) < 4.78 is 11.1. The van der Waals surface area contributed by atoms with Crippen molar-refractivity contribution in [2.75, 3.05) is 6.61 Å². The first-order valence-corrected chi connectivity index (χ1v) is 6.83. The third-order valence-electron chi connectivity index (χ3n) is 2.60. The lowest BCUT2D eigenvalue weighted by Gasteiger charge is -2.29. The molecule has 0 aromatic heterocycles. The number of rotatable bonds is 7. The maximum absolute atomic E-state index is 11.3. The zero-order valence-corrected chi connectivity index (χ0v) is 13.3. The molecular weight excluding hydrogens is 240 g/mol. The average molecular weight is 268 g/mol. The standard InChI is InChI=1S/C16H28O3/c1-8-9-15(17)18-11-16(6,7)19-14(5)13(4)10-12(2)3/h8-10,12,14H,11H2,1-7H3/b9-8+,13-10+. The molecule has 0 bridgehead atoms. The topological polar surface area (TPSA) is 35.5 Å². The summed E-state index contributed by atoms with van der Waals surface area (Å²) in [6.45, 7) is 14.2. The normalized spacial score (nSPS) is 15.1. The van der Waals surface area contributed by atoms with E-state index in [4.69, 9.17) is 9.47 Å². The van der Waals surface area contributed by atoms with Crippen LogP contribution in [0.1, 0.15) is 48.5 Å². The van der Waals surface area contributed by atoms with Gasteiger partial charge in [-0.15, -0.1) is 0 Å².